The molecule has 3 nitrogen and oxygen atoms in total. The van der Waals surface area contributed by atoms with Crippen molar-refractivity contribution < 1.29 is 23.0 Å². The van der Waals surface area contributed by atoms with Crippen LogP contribution in [0.1, 0.15) is 10.7 Å². The van der Waals surface area contributed by atoms with Crippen LogP contribution in [-0.2, 0) is 11.2 Å². The van der Waals surface area contributed by atoms with E-state index in [1.165, 1.54) is 11.3 Å². The fourth-order valence-corrected chi connectivity index (χ4v) is 1.91. The van der Waals surface area contributed by atoms with E-state index in [0.29, 0.717) is 5.01 Å². The Balaban J connectivity index is 2.23. The molecular formula is C9H12F3NO2S. The molecule has 0 radical (unpaired) electrons. The number of aliphatic hydroxyl groups excluding tert-OH is 1. The van der Waals surface area contributed by atoms with Gasteiger partial charge in [0.05, 0.1) is 17.7 Å². The molecule has 0 aromatic carbocycles. The first-order chi connectivity index (χ1) is 7.37. The van der Waals surface area contributed by atoms with Gasteiger partial charge in [0.15, 0.2) is 0 Å². The van der Waals surface area contributed by atoms with Crippen LogP contribution in [0.25, 0.3) is 0 Å². The number of ether oxygens (including phenoxy) is 1. The zero-order valence-electron chi connectivity index (χ0n) is 8.62. The molecule has 0 fully saturated rings. The molecule has 1 aromatic heterocycles. The number of thiazole rings is 1. The van der Waals surface area contributed by atoms with E-state index in [1.807, 2.05) is 12.3 Å². The molecule has 0 aliphatic carbocycles. The maximum Gasteiger partial charge on any atom is 0.411 e. The van der Waals surface area contributed by atoms with E-state index in [4.69, 9.17) is 0 Å². The summed E-state index contributed by atoms with van der Waals surface area (Å²) < 4.78 is 39.5. The van der Waals surface area contributed by atoms with Gasteiger partial charge in [0, 0.05) is 17.5 Å². The molecule has 1 atom stereocenters. The summed E-state index contributed by atoms with van der Waals surface area (Å²) in [5, 5.41) is 11.9. The van der Waals surface area contributed by atoms with E-state index in [2.05, 4.69) is 9.72 Å². The van der Waals surface area contributed by atoms with Gasteiger partial charge in [-0.05, 0) is 6.92 Å². The molecule has 0 saturated heterocycles. The van der Waals surface area contributed by atoms with Crippen molar-refractivity contribution in [3.8, 4) is 0 Å². The Morgan fingerprint density at radius 2 is 2.25 bits per heavy atom. The minimum absolute atomic E-state index is 0.219. The van der Waals surface area contributed by atoms with Gasteiger partial charge in [0.2, 0.25) is 0 Å². The fraction of sp³-hybridized carbons (Fsp3) is 0.667. The van der Waals surface area contributed by atoms with Gasteiger partial charge in [0.1, 0.15) is 6.61 Å². The Labute approximate surface area is 94.9 Å². The van der Waals surface area contributed by atoms with Crippen LogP contribution in [0.3, 0.4) is 0 Å². The van der Waals surface area contributed by atoms with Gasteiger partial charge in [-0.3, -0.25) is 0 Å². The fourth-order valence-electron chi connectivity index (χ4n) is 1.07. The summed E-state index contributed by atoms with van der Waals surface area (Å²) in [5.41, 5.74) is 0.836. The summed E-state index contributed by atoms with van der Waals surface area (Å²) in [6.07, 6.45) is -5.08. The summed E-state index contributed by atoms with van der Waals surface area (Å²) in [6.45, 7) is 0.144. The van der Waals surface area contributed by atoms with Crippen LogP contribution in [0.15, 0.2) is 5.38 Å². The first kappa shape index (κ1) is 13.4. The number of aromatic nitrogens is 1. The summed E-state index contributed by atoms with van der Waals surface area (Å²) in [4.78, 5) is 4.09. The molecule has 0 aliphatic rings. The Kier molecular flexibility index (Phi) is 4.69. The predicted octanol–water partition coefficient (Wildman–Crippen LogP) is 1.93. The van der Waals surface area contributed by atoms with Crippen molar-refractivity contribution in [1.29, 1.82) is 0 Å². The van der Waals surface area contributed by atoms with Crippen molar-refractivity contribution in [3.05, 3.63) is 16.1 Å². The van der Waals surface area contributed by atoms with E-state index in [1.54, 1.807) is 0 Å². The molecule has 92 valence electrons. The first-order valence-corrected chi connectivity index (χ1v) is 5.48. The Morgan fingerprint density at radius 3 is 2.75 bits per heavy atom. The Bertz CT molecular complexity index is 327. The van der Waals surface area contributed by atoms with E-state index in [9.17, 15) is 18.3 Å². The van der Waals surface area contributed by atoms with Crippen molar-refractivity contribution in [1.82, 2.24) is 4.98 Å². The van der Waals surface area contributed by atoms with Gasteiger partial charge in [0.25, 0.3) is 0 Å². The first-order valence-electron chi connectivity index (χ1n) is 4.60. The van der Waals surface area contributed by atoms with Crippen LogP contribution in [0.4, 0.5) is 13.2 Å². The lowest BCUT2D eigenvalue weighted by Gasteiger charge is -2.11. The second-order valence-electron chi connectivity index (χ2n) is 3.37. The van der Waals surface area contributed by atoms with Crippen molar-refractivity contribution in [2.75, 3.05) is 13.2 Å². The monoisotopic (exact) mass is 255 g/mol. The van der Waals surface area contributed by atoms with Gasteiger partial charge in [-0.2, -0.15) is 13.2 Å². The molecular weight excluding hydrogens is 243 g/mol. The summed E-state index contributed by atoms with van der Waals surface area (Å²) >= 11 is 1.37. The maximum atomic E-state index is 11.7. The lowest BCUT2D eigenvalue weighted by atomic mass is 10.3. The SMILES string of the molecule is Cc1csc(CC(O)COCC(F)(F)F)n1. The lowest BCUT2D eigenvalue weighted by Crippen LogP contribution is -2.24. The number of hydrogen-bond acceptors (Lipinski definition) is 4. The third kappa shape index (κ3) is 5.43. The second-order valence-corrected chi connectivity index (χ2v) is 4.31. The van der Waals surface area contributed by atoms with E-state index >= 15 is 0 Å². The third-order valence-corrected chi connectivity index (χ3v) is 2.64. The number of hydrogen-bond donors (Lipinski definition) is 1. The number of halogens is 3. The average Bonchev–Trinajstić information content (AvgIpc) is 2.48. The number of rotatable bonds is 5. The number of alkyl halides is 3. The molecule has 1 heterocycles. The summed E-state index contributed by atoms with van der Waals surface area (Å²) in [6, 6.07) is 0. The van der Waals surface area contributed by atoms with Crippen molar-refractivity contribution in [3.63, 3.8) is 0 Å². The van der Waals surface area contributed by atoms with Crippen molar-refractivity contribution in [2.24, 2.45) is 0 Å². The maximum absolute atomic E-state index is 11.7. The third-order valence-electron chi connectivity index (χ3n) is 1.65. The molecule has 1 N–H and O–H groups in total. The molecule has 1 aromatic rings. The summed E-state index contributed by atoms with van der Waals surface area (Å²) in [5.74, 6) is 0. The number of aliphatic hydroxyl groups is 1. The molecule has 0 saturated carbocycles. The highest BCUT2D eigenvalue weighted by molar-refractivity contribution is 7.09. The molecule has 0 aliphatic heterocycles. The van der Waals surface area contributed by atoms with Crippen LogP contribution < -0.4 is 0 Å². The largest absolute Gasteiger partial charge is 0.411 e. The van der Waals surface area contributed by atoms with Crippen LogP contribution in [-0.4, -0.2) is 35.6 Å². The summed E-state index contributed by atoms with van der Waals surface area (Å²) in [7, 11) is 0. The molecule has 7 heteroatoms. The molecule has 1 rings (SSSR count). The van der Waals surface area contributed by atoms with E-state index < -0.39 is 18.9 Å². The zero-order valence-corrected chi connectivity index (χ0v) is 9.44. The van der Waals surface area contributed by atoms with Crippen LogP contribution in [0.2, 0.25) is 0 Å². The average molecular weight is 255 g/mol. The minimum atomic E-state index is -4.35. The van der Waals surface area contributed by atoms with Crippen LogP contribution in [0, 0.1) is 6.92 Å². The Hall–Kier alpha value is -0.660. The van der Waals surface area contributed by atoms with Gasteiger partial charge >= 0.3 is 6.18 Å². The highest BCUT2D eigenvalue weighted by Gasteiger charge is 2.27. The Morgan fingerprint density at radius 1 is 1.56 bits per heavy atom. The molecule has 1 unspecified atom stereocenters. The van der Waals surface area contributed by atoms with Crippen molar-refractivity contribution in [2.45, 2.75) is 25.6 Å². The second kappa shape index (κ2) is 5.60. The molecule has 16 heavy (non-hydrogen) atoms. The minimum Gasteiger partial charge on any atom is -0.390 e. The molecule has 0 amide bonds. The topological polar surface area (TPSA) is 42.4 Å². The standard InChI is InChI=1S/C9H12F3NO2S/c1-6-4-16-8(13-6)2-7(14)3-15-5-9(10,11)12/h4,7,14H,2-3,5H2,1H3. The number of nitrogens with zero attached hydrogens (tertiary/aromatic N) is 1. The molecule has 0 spiro atoms. The lowest BCUT2D eigenvalue weighted by molar-refractivity contribution is -0.179. The highest BCUT2D eigenvalue weighted by atomic mass is 32.1. The van der Waals surface area contributed by atoms with E-state index in [-0.39, 0.29) is 13.0 Å². The van der Waals surface area contributed by atoms with Crippen LogP contribution >= 0.6 is 11.3 Å². The van der Waals surface area contributed by atoms with Gasteiger partial charge in [-0.25, -0.2) is 4.98 Å². The number of aryl methyl sites for hydroxylation is 1. The van der Waals surface area contributed by atoms with Gasteiger partial charge < -0.3 is 9.84 Å². The molecule has 0 bridgehead atoms. The van der Waals surface area contributed by atoms with E-state index in [0.717, 1.165) is 5.69 Å². The quantitative estimate of drug-likeness (QED) is 0.874. The smallest absolute Gasteiger partial charge is 0.390 e. The zero-order chi connectivity index (χ0) is 12.2. The predicted molar refractivity (Wildman–Crippen MR) is 53.4 cm³/mol. The van der Waals surface area contributed by atoms with Crippen LogP contribution in [0.5, 0.6) is 0 Å². The normalized spacial score (nSPS) is 14.1. The van der Waals surface area contributed by atoms with Gasteiger partial charge in [-0.1, -0.05) is 0 Å². The highest BCUT2D eigenvalue weighted by Crippen LogP contribution is 2.15. The van der Waals surface area contributed by atoms with Gasteiger partial charge in [-0.15, -0.1) is 11.3 Å². The van der Waals surface area contributed by atoms with Crippen molar-refractivity contribution >= 4 is 11.3 Å².